The first kappa shape index (κ1) is 13.1. The van der Waals surface area contributed by atoms with Crippen LogP contribution in [0.25, 0.3) is 0 Å². The van der Waals surface area contributed by atoms with E-state index in [1.807, 2.05) is 0 Å². The molecule has 3 rings (SSSR count). The quantitative estimate of drug-likeness (QED) is 0.837. The maximum Gasteiger partial charge on any atom is 0.0870 e. The van der Waals surface area contributed by atoms with Gasteiger partial charge in [-0.2, -0.15) is 0 Å². The van der Waals surface area contributed by atoms with E-state index in [4.69, 9.17) is 18.0 Å². The van der Waals surface area contributed by atoms with Gasteiger partial charge in [0.2, 0.25) is 0 Å². The second-order valence-corrected chi connectivity index (χ2v) is 6.46. The maximum atomic E-state index is 5.78. The van der Waals surface area contributed by atoms with Crippen LogP contribution < -0.4 is 5.73 Å². The van der Waals surface area contributed by atoms with E-state index in [9.17, 15) is 0 Å². The molecular formula is C16H22N2S. The summed E-state index contributed by atoms with van der Waals surface area (Å²) in [5, 5.41) is 0. The fourth-order valence-corrected chi connectivity index (χ4v) is 3.79. The summed E-state index contributed by atoms with van der Waals surface area (Å²) in [5.74, 6) is 0.686. The van der Waals surface area contributed by atoms with Crippen molar-refractivity contribution in [3.8, 4) is 0 Å². The lowest BCUT2D eigenvalue weighted by molar-refractivity contribution is 0.207. The van der Waals surface area contributed by atoms with Crippen LogP contribution in [0.5, 0.6) is 0 Å². The van der Waals surface area contributed by atoms with Gasteiger partial charge in [-0.15, -0.1) is 0 Å². The van der Waals surface area contributed by atoms with Gasteiger partial charge in [-0.1, -0.05) is 49.3 Å². The minimum absolute atomic E-state index is 0.638. The molecule has 0 amide bonds. The van der Waals surface area contributed by atoms with Crippen molar-refractivity contribution in [2.45, 2.75) is 44.1 Å². The van der Waals surface area contributed by atoms with Gasteiger partial charge in [0.15, 0.2) is 0 Å². The molecule has 1 fully saturated rings. The zero-order valence-electron chi connectivity index (χ0n) is 11.3. The summed E-state index contributed by atoms with van der Waals surface area (Å²) in [5.41, 5.74) is 8.84. The number of hydrogen-bond acceptors (Lipinski definition) is 2. The van der Waals surface area contributed by atoms with Crippen LogP contribution in [0.2, 0.25) is 0 Å². The summed E-state index contributed by atoms with van der Waals surface area (Å²) < 4.78 is 0. The van der Waals surface area contributed by atoms with E-state index >= 15 is 0 Å². The predicted octanol–water partition coefficient (Wildman–Crippen LogP) is 2.86. The number of nitrogens with two attached hydrogens (primary N) is 1. The van der Waals surface area contributed by atoms with Crippen molar-refractivity contribution in [2.75, 3.05) is 13.1 Å². The van der Waals surface area contributed by atoms with Crippen LogP contribution in [-0.2, 0) is 6.42 Å². The summed E-state index contributed by atoms with van der Waals surface area (Å²) in [4.78, 5) is 3.18. The van der Waals surface area contributed by atoms with Gasteiger partial charge in [0, 0.05) is 25.0 Å². The summed E-state index contributed by atoms with van der Waals surface area (Å²) in [6.07, 6.45) is 6.57. The monoisotopic (exact) mass is 274 g/mol. The van der Waals surface area contributed by atoms with Crippen molar-refractivity contribution in [3.63, 3.8) is 0 Å². The highest BCUT2D eigenvalue weighted by atomic mass is 32.1. The highest BCUT2D eigenvalue weighted by Gasteiger charge is 2.31. The Labute approximate surface area is 121 Å². The van der Waals surface area contributed by atoms with Crippen molar-refractivity contribution in [1.82, 2.24) is 4.90 Å². The van der Waals surface area contributed by atoms with E-state index in [1.54, 1.807) is 0 Å². The molecule has 0 radical (unpaired) electrons. The second kappa shape index (κ2) is 5.59. The van der Waals surface area contributed by atoms with Crippen LogP contribution in [-0.4, -0.2) is 29.0 Å². The molecule has 0 bridgehead atoms. The second-order valence-electron chi connectivity index (χ2n) is 5.93. The van der Waals surface area contributed by atoms with E-state index < -0.39 is 0 Å². The molecule has 102 valence electrons. The normalized spacial score (nSPS) is 22.3. The average Bonchev–Trinajstić information content (AvgIpc) is 2.88. The van der Waals surface area contributed by atoms with Crippen LogP contribution in [0, 0.1) is 0 Å². The van der Waals surface area contributed by atoms with Crippen LogP contribution >= 0.6 is 12.2 Å². The molecule has 0 saturated heterocycles. The molecule has 0 spiro atoms. The highest BCUT2D eigenvalue weighted by Crippen LogP contribution is 2.36. The van der Waals surface area contributed by atoms with E-state index in [-0.39, 0.29) is 0 Å². The van der Waals surface area contributed by atoms with Gasteiger partial charge in [-0.05, 0) is 30.4 Å². The number of rotatable bonds is 5. The molecule has 2 N–H and O–H groups in total. The summed E-state index contributed by atoms with van der Waals surface area (Å²) >= 11 is 5.13. The Hall–Kier alpha value is -0.930. The topological polar surface area (TPSA) is 29.3 Å². The molecule has 2 aliphatic rings. The molecule has 1 atom stereocenters. The Morgan fingerprint density at radius 1 is 1.26 bits per heavy atom. The Balaban J connectivity index is 1.67. The van der Waals surface area contributed by atoms with Gasteiger partial charge in [-0.3, -0.25) is 4.90 Å². The van der Waals surface area contributed by atoms with Crippen LogP contribution in [0.3, 0.4) is 0 Å². The van der Waals surface area contributed by atoms with Gasteiger partial charge >= 0.3 is 0 Å². The molecule has 19 heavy (non-hydrogen) atoms. The van der Waals surface area contributed by atoms with Crippen molar-refractivity contribution >= 4 is 17.2 Å². The Morgan fingerprint density at radius 2 is 2.00 bits per heavy atom. The standard InChI is InChI=1S/C16H22N2S/c17-16(19)11-18(14-6-2-3-7-14)10-13-9-12-5-1-4-8-15(12)13/h1,4-5,8,13-14H,2-3,6-7,9-11H2,(H2,17,19). The molecule has 1 aromatic carbocycles. The van der Waals surface area contributed by atoms with Crippen molar-refractivity contribution in [2.24, 2.45) is 5.73 Å². The molecule has 0 aromatic heterocycles. The summed E-state index contributed by atoms with van der Waals surface area (Å²) in [6.45, 7) is 1.91. The number of hydrogen-bond donors (Lipinski definition) is 1. The van der Waals surface area contributed by atoms with E-state index in [1.165, 1.54) is 43.2 Å². The SMILES string of the molecule is NC(=S)CN(CC1Cc2ccccc21)C1CCCC1. The summed E-state index contributed by atoms with van der Waals surface area (Å²) in [7, 11) is 0. The van der Waals surface area contributed by atoms with Crippen molar-refractivity contribution in [3.05, 3.63) is 35.4 Å². The third-order valence-corrected chi connectivity index (χ3v) is 4.75. The first-order valence-electron chi connectivity index (χ1n) is 7.34. The minimum Gasteiger partial charge on any atom is -0.392 e. The molecule has 1 aromatic rings. The molecule has 1 saturated carbocycles. The third kappa shape index (κ3) is 2.82. The van der Waals surface area contributed by atoms with Gasteiger partial charge in [0.25, 0.3) is 0 Å². The predicted molar refractivity (Wildman–Crippen MR) is 83.5 cm³/mol. The molecule has 2 aliphatic carbocycles. The number of thiocarbonyl (C=S) groups is 1. The summed E-state index contributed by atoms with van der Waals surface area (Å²) in [6, 6.07) is 9.52. The van der Waals surface area contributed by atoms with Crippen LogP contribution in [0.15, 0.2) is 24.3 Å². The highest BCUT2D eigenvalue weighted by molar-refractivity contribution is 7.80. The third-order valence-electron chi connectivity index (χ3n) is 4.62. The number of nitrogens with zero attached hydrogens (tertiary/aromatic N) is 1. The maximum absolute atomic E-state index is 5.78. The lowest BCUT2D eigenvalue weighted by Gasteiger charge is -2.37. The lowest BCUT2D eigenvalue weighted by Crippen LogP contribution is -2.43. The van der Waals surface area contributed by atoms with E-state index in [0.717, 1.165) is 13.1 Å². The molecule has 0 heterocycles. The fourth-order valence-electron chi connectivity index (χ4n) is 3.62. The van der Waals surface area contributed by atoms with Crippen LogP contribution in [0.1, 0.15) is 42.7 Å². The van der Waals surface area contributed by atoms with Crippen molar-refractivity contribution < 1.29 is 0 Å². The smallest absolute Gasteiger partial charge is 0.0870 e. The van der Waals surface area contributed by atoms with E-state index in [2.05, 4.69) is 29.2 Å². The van der Waals surface area contributed by atoms with Gasteiger partial charge in [0.05, 0.1) is 4.99 Å². The van der Waals surface area contributed by atoms with E-state index in [0.29, 0.717) is 16.9 Å². The average molecular weight is 274 g/mol. The fraction of sp³-hybridized carbons (Fsp3) is 0.562. The lowest BCUT2D eigenvalue weighted by atomic mass is 9.77. The zero-order valence-corrected chi connectivity index (χ0v) is 12.2. The Morgan fingerprint density at radius 3 is 2.68 bits per heavy atom. The molecule has 0 aliphatic heterocycles. The first-order valence-corrected chi connectivity index (χ1v) is 7.75. The Bertz CT molecular complexity index is 466. The number of benzene rings is 1. The molecule has 3 heteroatoms. The Kier molecular flexibility index (Phi) is 3.85. The minimum atomic E-state index is 0.638. The first-order chi connectivity index (χ1) is 9.24. The van der Waals surface area contributed by atoms with Gasteiger partial charge in [-0.25, -0.2) is 0 Å². The molecule has 2 nitrogen and oxygen atoms in total. The van der Waals surface area contributed by atoms with Crippen LogP contribution in [0.4, 0.5) is 0 Å². The molecular weight excluding hydrogens is 252 g/mol. The van der Waals surface area contributed by atoms with Crippen molar-refractivity contribution in [1.29, 1.82) is 0 Å². The number of fused-ring (bicyclic) bond motifs is 1. The van der Waals surface area contributed by atoms with Gasteiger partial charge < -0.3 is 5.73 Å². The largest absolute Gasteiger partial charge is 0.392 e. The molecule has 1 unspecified atom stereocenters. The van der Waals surface area contributed by atoms with Gasteiger partial charge in [0.1, 0.15) is 0 Å². The zero-order chi connectivity index (χ0) is 13.2.